The van der Waals surface area contributed by atoms with Crippen LogP contribution in [0, 0.1) is 18.6 Å². The molecule has 0 spiro atoms. The van der Waals surface area contributed by atoms with E-state index in [4.69, 9.17) is 5.73 Å². The largest absolute Gasteiger partial charge is 0.389 e. The number of nitrogens with zero attached hydrogens (tertiary/aromatic N) is 4. The maximum atomic E-state index is 15.2. The fourth-order valence-electron chi connectivity index (χ4n) is 3.86. The van der Waals surface area contributed by atoms with E-state index in [1.165, 1.54) is 12.4 Å². The molecule has 1 aliphatic heterocycles. The summed E-state index contributed by atoms with van der Waals surface area (Å²) in [6.45, 7) is 4.32. The number of primary amides is 1. The molecule has 11 heteroatoms. The number of halogens is 2. The summed E-state index contributed by atoms with van der Waals surface area (Å²) < 4.78 is 29.5. The van der Waals surface area contributed by atoms with E-state index in [-0.39, 0.29) is 50.1 Å². The minimum atomic E-state index is -1.54. The highest BCUT2D eigenvalue weighted by atomic mass is 19.1. The average molecular weight is 465 g/mol. The highest BCUT2D eigenvalue weighted by Crippen LogP contribution is 2.27. The van der Waals surface area contributed by atoms with Gasteiger partial charge in [-0.15, -0.1) is 0 Å². The number of carbonyl (C=O) groups is 1. The molecule has 1 aliphatic rings. The number of rotatable bonds is 9. The third-order valence-corrected chi connectivity index (χ3v) is 5.88. The lowest BCUT2D eigenvalue weighted by Crippen LogP contribution is -2.59. The summed E-state index contributed by atoms with van der Waals surface area (Å²) in [4.78, 5) is 22.3. The standard InChI is InChI=1S/C22H30F2N6O3/c1-3-30(9-15-5-4-14(2)8-16(15)23)21-19(24)20(27-13-28-21)26-12-22(33)6-7-29(10-17(22)31)11-18(25)32/h4-5,8,13,17,31,33H,3,6-7,9-12H2,1-2H3,(H2,25,32)(H,26,27,28). The molecular weight excluding hydrogens is 434 g/mol. The lowest BCUT2D eigenvalue weighted by Gasteiger charge is -2.41. The number of amides is 1. The first-order valence-electron chi connectivity index (χ1n) is 10.8. The number of nitrogens with two attached hydrogens (primary N) is 1. The zero-order chi connectivity index (χ0) is 24.2. The van der Waals surface area contributed by atoms with E-state index in [1.54, 1.807) is 35.8 Å². The molecule has 2 unspecified atom stereocenters. The highest BCUT2D eigenvalue weighted by molar-refractivity contribution is 5.75. The zero-order valence-electron chi connectivity index (χ0n) is 18.8. The monoisotopic (exact) mass is 464 g/mol. The quantitative estimate of drug-likeness (QED) is 0.429. The van der Waals surface area contributed by atoms with E-state index < -0.39 is 23.4 Å². The Hall–Kier alpha value is -2.89. The molecule has 1 fully saturated rings. The molecule has 2 atom stereocenters. The predicted molar refractivity (Wildman–Crippen MR) is 120 cm³/mol. The average Bonchev–Trinajstić information content (AvgIpc) is 2.75. The van der Waals surface area contributed by atoms with Crippen LogP contribution < -0.4 is 16.0 Å². The molecule has 0 radical (unpaired) electrons. The number of hydrogen-bond donors (Lipinski definition) is 4. The lowest BCUT2D eigenvalue weighted by atomic mass is 9.88. The van der Waals surface area contributed by atoms with Crippen LogP contribution in [-0.2, 0) is 11.3 Å². The number of benzene rings is 1. The molecule has 1 aromatic carbocycles. The lowest BCUT2D eigenvalue weighted by molar-refractivity contribution is -0.127. The van der Waals surface area contributed by atoms with Crippen molar-refractivity contribution in [1.29, 1.82) is 0 Å². The first-order chi connectivity index (χ1) is 15.6. The summed E-state index contributed by atoms with van der Waals surface area (Å²) in [6.07, 6.45) is 0.172. The fourth-order valence-corrected chi connectivity index (χ4v) is 3.86. The number of aromatic nitrogens is 2. The van der Waals surface area contributed by atoms with Crippen LogP contribution in [0.5, 0.6) is 0 Å². The number of aliphatic hydroxyl groups excluding tert-OH is 1. The molecule has 0 aliphatic carbocycles. The van der Waals surface area contributed by atoms with Crippen molar-refractivity contribution < 1.29 is 23.8 Å². The Kier molecular flexibility index (Phi) is 7.77. The number of piperidine rings is 1. The van der Waals surface area contributed by atoms with Gasteiger partial charge in [0.1, 0.15) is 17.7 Å². The summed E-state index contributed by atoms with van der Waals surface area (Å²) in [7, 11) is 0. The molecule has 1 amide bonds. The molecule has 2 aromatic rings. The third-order valence-electron chi connectivity index (χ3n) is 5.88. The second-order valence-electron chi connectivity index (χ2n) is 8.39. The number of anilines is 2. The Balaban J connectivity index is 1.71. The van der Waals surface area contributed by atoms with Gasteiger partial charge in [0.25, 0.3) is 0 Å². The molecule has 2 heterocycles. The van der Waals surface area contributed by atoms with Crippen molar-refractivity contribution in [3.05, 3.63) is 47.3 Å². The predicted octanol–water partition coefficient (Wildman–Crippen LogP) is 0.785. The number of nitrogens with one attached hydrogen (secondary N) is 1. The number of β-amino-alcohol motifs (C(OH)–C–C–N with tert-alkyl or cyclic N) is 1. The zero-order valence-corrected chi connectivity index (χ0v) is 18.8. The second-order valence-corrected chi connectivity index (χ2v) is 8.39. The summed E-state index contributed by atoms with van der Waals surface area (Å²) in [6, 6.07) is 4.87. The Morgan fingerprint density at radius 2 is 2.15 bits per heavy atom. The number of carbonyl (C=O) groups excluding carboxylic acids is 1. The van der Waals surface area contributed by atoms with Crippen molar-refractivity contribution in [2.75, 3.05) is 42.9 Å². The molecule has 33 heavy (non-hydrogen) atoms. The molecule has 0 bridgehead atoms. The number of hydrogen-bond acceptors (Lipinski definition) is 8. The van der Waals surface area contributed by atoms with E-state index in [0.29, 0.717) is 18.7 Å². The normalized spacial score (nSPS) is 21.1. The van der Waals surface area contributed by atoms with Crippen molar-refractivity contribution in [2.45, 2.75) is 38.5 Å². The second kappa shape index (κ2) is 10.4. The first kappa shape index (κ1) is 24.7. The Labute approximate surface area is 191 Å². The van der Waals surface area contributed by atoms with Gasteiger partial charge in [0.2, 0.25) is 11.7 Å². The Morgan fingerprint density at radius 3 is 2.79 bits per heavy atom. The maximum Gasteiger partial charge on any atom is 0.231 e. The maximum absolute atomic E-state index is 15.2. The van der Waals surface area contributed by atoms with Crippen LogP contribution in [0.1, 0.15) is 24.5 Å². The summed E-state index contributed by atoms with van der Waals surface area (Å²) in [5, 5.41) is 24.0. The van der Waals surface area contributed by atoms with Gasteiger partial charge >= 0.3 is 0 Å². The minimum absolute atomic E-state index is 0.00112. The molecular formula is C22H30F2N6O3. The van der Waals surface area contributed by atoms with E-state index in [2.05, 4.69) is 15.3 Å². The SMILES string of the molecule is CCN(Cc1ccc(C)cc1F)c1ncnc(NCC2(O)CCN(CC(N)=O)CC2O)c1F. The topological polar surface area (TPSA) is 128 Å². The van der Waals surface area contributed by atoms with Crippen LogP contribution in [0.2, 0.25) is 0 Å². The third kappa shape index (κ3) is 5.92. The molecule has 0 saturated carbocycles. The molecule has 9 nitrogen and oxygen atoms in total. The number of aliphatic hydroxyl groups is 2. The van der Waals surface area contributed by atoms with Crippen molar-refractivity contribution in [2.24, 2.45) is 5.73 Å². The van der Waals surface area contributed by atoms with Gasteiger partial charge in [0.15, 0.2) is 11.6 Å². The van der Waals surface area contributed by atoms with Gasteiger partial charge in [-0.1, -0.05) is 12.1 Å². The van der Waals surface area contributed by atoms with Crippen molar-refractivity contribution in [3.63, 3.8) is 0 Å². The van der Waals surface area contributed by atoms with Crippen molar-refractivity contribution in [3.8, 4) is 0 Å². The van der Waals surface area contributed by atoms with Crippen LogP contribution in [0.25, 0.3) is 0 Å². The van der Waals surface area contributed by atoms with Gasteiger partial charge < -0.3 is 26.2 Å². The van der Waals surface area contributed by atoms with Gasteiger partial charge in [-0.25, -0.2) is 14.4 Å². The minimum Gasteiger partial charge on any atom is -0.389 e. The molecule has 180 valence electrons. The summed E-state index contributed by atoms with van der Waals surface area (Å²) in [5.41, 5.74) is 4.85. The van der Waals surface area contributed by atoms with Gasteiger partial charge in [-0.05, 0) is 31.9 Å². The van der Waals surface area contributed by atoms with Crippen molar-refractivity contribution in [1.82, 2.24) is 14.9 Å². The summed E-state index contributed by atoms with van der Waals surface area (Å²) in [5.74, 6) is -1.77. The van der Waals surface area contributed by atoms with Crippen LogP contribution in [0.3, 0.4) is 0 Å². The van der Waals surface area contributed by atoms with Crippen LogP contribution in [0.4, 0.5) is 20.4 Å². The van der Waals surface area contributed by atoms with E-state index in [1.807, 2.05) is 0 Å². The van der Waals surface area contributed by atoms with Gasteiger partial charge in [0.05, 0.1) is 12.6 Å². The molecule has 1 saturated heterocycles. The number of aryl methyl sites for hydroxylation is 1. The van der Waals surface area contributed by atoms with Gasteiger partial charge in [-0.3, -0.25) is 9.69 Å². The Bertz CT molecular complexity index is 995. The highest BCUT2D eigenvalue weighted by Gasteiger charge is 2.41. The molecule has 3 rings (SSSR count). The number of likely N-dealkylation sites (tertiary alicyclic amines) is 1. The van der Waals surface area contributed by atoms with Gasteiger partial charge in [-0.2, -0.15) is 4.39 Å². The molecule has 5 N–H and O–H groups in total. The van der Waals surface area contributed by atoms with Crippen LogP contribution >= 0.6 is 0 Å². The Morgan fingerprint density at radius 1 is 1.39 bits per heavy atom. The van der Waals surface area contributed by atoms with Crippen molar-refractivity contribution >= 4 is 17.5 Å². The van der Waals surface area contributed by atoms with E-state index >= 15 is 4.39 Å². The molecule has 1 aromatic heterocycles. The first-order valence-corrected chi connectivity index (χ1v) is 10.8. The van der Waals surface area contributed by atoms with Crippen LogP contribution in [-0.4, -0.2) is 75.4 Å². The van der Waals surface area contributed by atoms with Gasteiger partial charge in [0, 0.05) is 38.3 Å². The van der Waals surface area contributed by atoms with Crippen LogP contribution in [0.15, 0.2) is 24.5 Å². The summed E-state index contributed by atoms with van der Waals surface area (Å²) >= 11 is 0. The van der Waals surface area contributed by atoms with E-state index in [0.717, 1.165) is 5.56 Å². The van der Waals surface area contributed by atoms with E-state index in [9.17, 15) is 19.4 Å². The fraction of sp³-hybridized carbons (Fsp3) is 0.500. The smallest absolute Gasteiger partial charge is 0.231 e.